The zero-order valence-electron chi connectivity index (χ0n) is 16.0. The van der Waals surface area contributed by atoms with Crippen molar-refractivity contribution < 1.29 is 0 Å². The first-order valence-electron chi connectivity index (χ1n) is 9.86. The van der Waals surface area contributed by atoms with Crippen LogP contribution in [0.5, 0.6) is 0 Å². The van der Waals surface area contributed by atoms with Gasteiger partial charge < -0.3 is 0 Å². The maximum absolute atomic E-state index is 2.29. The summed E-state index contributed by atoms with van der Waals surface area (Å²) in [7, 11) is 0. The molecule has 0 saturated carbocycles. The highest BCUT2D eigenvalue weighted by atomic mass is 14.1. The van der Waals surface area contributed by atoms with Crippen LogP contribution in [0, 0.1) is 0 Å². The SMILES string of the molecule is C1=CCCC(C(=CC=C(c2ccccc2)c2ccccc2)c2ccccc2)=C1. The second kappa shape index (κ2) is 9.01. The van der Waals surface area contributed by atoms with E-state index in [1.54, 1.807) is 0 Å². The van der Waals surface area contributed by atoms with Crippen LogP contribution < -0.4 is 0 Å². The van der Waals surface area contributed by atoms with E-state index in [-0.39, 0.29) is 0 Å². The second-order valence-corrected chi connectivity index (χ2v) is 6.92. The van der Waals surface area contributed by atoms with E-state index in [0.717, 1.165) is 12.8 Å². The first-order chi connectivity index (χ1) is 13.9. The topological polar surface area (TPSA) is 0 Å². The molecule has 0 heteroatoms. The molecule has 3 aromatic rings. The van der Waals surface area contributed by atoms with Gasteiger partial charge in [0.15, 0.2) is 0 Å². The van der Waals surface area contributed by atoms with E-state index in [9.17, 15) is 0 Å². The van der Waals surface area contributed by atoms with E-state index in [2.05, 4.69) is 121 Å². The first kappa shape index (κ1) is 18.0. The van der Waals surface area contributed by atoms with Crippen LogP contribution >= 0.6 is 0 Å². The Morgan fingerprint density at radius 1 is 0.571 bits per heavy atom. The summed E-state index contributed by atoms with van der Waals surface area (Å²) in [4.78, 5) is 0. The lowest BCUT2D eigenvalue weighted by Crippen LogP contribution is -1.93. The molecule has 0 nitrogen and oxygen atoms in total. The van der Waals surface area contributed by atoms with Crippen molar-refractivity contribution in [1.29, 1.82) is 0 Å². The summed E-state index contributed by atoms with van der Waals surface area (Å²) in [6.07, 6.45) is 13.4. The minimum atomic E-state index is 1.08. The number of hydrogen-bond acceptors (Lipinski definition) is 0. The Hall–Kier alpha value is -3.38. The molecule has 1 aliphatic rings. The monoisotopic (exact) mass is 360 g/mol. The largest absolute Gasteiger partial charge is 0.0842 e. The van der Waals surface area contributed by atoms with Gasteiger partial charge in [-0.25, -0.2) is 0 Å². The molecule has 0 unspecified atom stereocenters. The summed E-state index contributed by atoms with van der Waals surface area (Å²) < 4.78 is 0. The lowest BCUT2D eigenvalue weighted by molar-refractivity contribution is 0.996. The van der Waals surface area contributed by atoms with Gasteiger partial charge >= 0.3 is 0 Å². The van der Waals surface area contributed by atoms with Crippen LogP contribution in [-0.2, 0) is 0 Å². The third kappa shape index (κ3) is 4.29. The van der Waals surface area contributed by atoms with Crippen LogP contribution in [0.2, 0.25) is 0 Å². The van der Waals surface area contributed by atoms with Gasteiger partial charge in [-0.3, -0.25) is 0 Å². The zero-order valence-corrected chi connectivity index (χ0v) is 16.0. The van der Waals surface area contributed by atoms with Crippen LogP contribution in [0.3, 0.4) is 0 Å². The van der Waals surface area contributed by atoms with Gasteiger partial charge in [0.2, 0.25) is 0 Å². The third-order valence-corrected chi connectivity index (χ3v) is 5.03. The molecule has 28 heavy (non-hydrogen) atoms. The van der Waals surface area contributed by atoms with Crippen molar-refractivity contribution in [3.63, 3.8) is 0 Å². The van der Waals surface area contributed by atoms with Crippen molar-refractivity contribution in [1.82, 2.24) is 0 Å². The first-order valence-corrected chi connectivity index (χ1v) is 9.86. The Morgan fingerprint density at radius 2 is 1.04 bits per heavy atom. The van der Waals surface area contributed by atoms with Gasteiger partial charge in [-0.05, 0) is 46.3 Å². The molecule has 0 heterocycles. The summed E-state index contributed by atoms with van der Waals surface area (Å²) in [5.74, 6) is 0. The van der Waals surface area contributed by atoms with Crippen molar-refractivity contribution in [3.8, 4) is 0 Å². The van der Waals surface area contributed by atoms with Crippen LogP contribution in [0.25, 0.3) is 11.1 Å². The highest BCUT2D eigenvalue weighted by Gasteiger charge is 2.09. The molecule has 0 spiro atoms. The highest BCUT2D eigenvalue weighted by Crippen LogP contribution is 2.30. The van der Waals surface area contributed by atoms with Crippen molar-refractivity contribution in [2.75, 3.05) is 0 Å². The Bertz CT molecular complexity index is 976. The molecule has 0 bridgehead atoms. The average Bonchev–Trinajstić information content (AvgIpc) is 2.79. The molecular weight excluding hydrogens is 336 g/mol. The number of hydrogen-bond donors (Lipinski definition) is 0. The van der Waals surface area contributed by atoms with Crippen molar-refractivity contribution in [3.05, 3.63) is 144 Å². The van der Waals surface area contributed by atoms with Crippen LogP contribution in [0.4, 0.5) is 0 Å². The van der Waals surface area contributed by atoms with E-state index in [1.807, 2.05) is 0 Å². The van der Waals surface area contributed by atoms with Crippen LogP contribution in [0.1, 0.15) is 29.5 Å². The predicted molar refractivity (Wildman–Crippen MR) is 121 cm³/mol. The molecule has 0 fully saturated rings. The third-order valence-electron chi connectivity index (χ3n) is 5.03. The average molecular weight is 361 g/mol. The van der Waals surface area contributed by atoms with Gasteiger partial charge in [0.05, 0.1) is 0 Å². The molecule has 0 radical (unpaired) electrons. The van der Waals surface area contributed by atoms with E-state index in [4.69, 9.17) is 0 Å². The second-order valence-electron chi connectivity index (χ2n) is 6.92. The molecular formula is C28H24. The lowest BCUT2D eigenvalue weighted by atomic mass is 9.90. The lowest BCUT2D eigenvalue weighted by Gasteiger charge is -2.14. The normalized spacial score (nSPS) is 13.7. The van der Waals surface area contributed by atoms with E-state index < -0.39 is 0 Å². The number of rotatable bonds is 5. The Kier molecular flexibility index (Phi) is 5.80. The van der Waals surface area contributed by atoms with E-state index in [0.29, 0.717) is 0 Å². The Labute approximate surface area is 167 Å². The van der Waals surface area contributed by atoms with Gasteiger partial charge in [-0.2, -0.15) is 0 Å². The quantitative estimate of drug-likeness (QED) is 0.414. The summed E-state index contributed by atoms with van der Waals surface area (Å²) >= 11 is 0. The van der Waals surface area contributed by atoms with Crippen molar-refractivity contribution >= 4 is 11.1 Å². The molecule has 0 aromatic heterocycles. The molecule has 1 aliphatic carbocycles. The molecule has 0 aliphatic heterocycles. The molecule has 0 amide bonds. The van der Waals surface area contributed by atoms with E-state index in [1.165, 1.54) is 33.4 Å². The standard InChI is InChI=1S/C28H24/c1-5-13-23(14-6-1)27(24-15-7-2-8-16-24)21-22-28(25-17-9-3-10-18-25)26-19-11-4-12-20-26/h1-11,13-19,21-22H,12,20H2. The fraction of sp³-hybridized carbons (Fsp3) is 0.0714. The zero-order chi connectivity index (χ0) is 19.0. The number of allylic oxidation sites excluding steroid dienone is 7. The summed E-state index contributed by atoms with van der Waals surface area (Å²) in [5, 5.41) is 0. The van der Waals surface area contributed by atoms with Gasteiger partial charge in [-0.1, -0.05) is 121 Å². The van der Waals surface area contributed by atoms with Crippen molar-refractivity contribution in [2.45, 2.75) is 12.8 Å². The van der Waals surface area contributed by atoms with Crippen LogP contribution in [0.15, 0.2) is 127 Å². The highest BCUT2D eigenvalue weighted by molar-refractivity contribution is 5.86. The molecule has 0 saturated heterocycles. The fourth-order valence-corrected chi connectivity index (χ4v) is 3.59. The Balaban J connectivity index is 1.84. The summed E-state index contributed by atoms with van der Waals surface area (Å²) in [6, 6.07) is 31.9. The number of benzene rings is 3. The minimum Gasteiger partial charge on any atom is -0.0842 e. The van der Waals surface area contributed by atoms with Crippen LogP contribution in [-0.4, -0.2) is 0 Å². The minimum absolute atomic E-state index is 1.08. The fourth-order valence-electron chi connectivity index (χ4n) is 3.59. The van der Waals surface area contributed by atoms with Gasteiger partial charge in [0.1, 0.15) is 0 Å². The molecule has 4 rings (SSSR count). The summed E-state index contributed by atoms with van der Waals surface area (Å²) in [5.41, 5.74) is 7.66. The summed E-state index contributed by atoms with van der Waals surface area (Å²) in [6.45, 7) is 0. The maximum Gasteiger partial charge on any atom is -0.0111 e. The van der Waals surface area contributed by atoms with Gasteiger partial charge in [0.25, 0.3) is 0 Å². The molecule has 136 valence electrons. The smallest absolute Gasteiger partial charge is 0.0111 e. The predicted octanol–water partition coefficient (Wildman–Crippen LogP) is 7.48. The molecule has 0 atom stereocenters. The van der Waals surface area contributed by atoms with E-state index >= 15 is 0 Å². The van der Waals surface area contributed by atoms with Gasteiger partial charge in [-0.15, -0.1) is 0 Å². The maximum atomic E-state index is 2.29. The van der Waals surface area contributed by atoms with Gasteiger partial charge in [0, 0.05) is 0 Å². The molecule has 0 N–H and O–H groups in total. The van der Waals surface area contributed by atoms with Crippen molar-refractivity contribution in [2.24, 2.45) is 0 Å². The molecule has 3 aromatic carbocycles. The Morgan fingerprint density at radius 3 is 1.50 bits per heavy atom.